The van der Waals surface area contributed by atoms with Gasteiger partial charge in [-0.3, -0.25) is 14.4 Å². The minimum absolute atomic E-state index is 0.209. The summed E-state index contributed by atoms with van der Waals surface area (Å²) in [5, 5.41) is -0.709. The van der Waals surface area contributed by atoms with Gasteiger partial charge in [-0.1, -0.05) is 0 Å². The molecule has 0 saturated heterocycles. The fourth-order valence-electron chi connectivity index (χ4n) is 8.14. The summed E-state index contributed by atoms with van der Waals surface area (Å²) in [4.78, 5) is 40.0. The molecule has 15 nitrogen and oxygen atoms in total. The van der Waals surface area contributed by atoms with Gasteiger partial charge in [-0.2, -0.15) is 0 Å². The average Bonchev–Trinajstić information content (AvgIpc) is 3.90. The lowest BCUT2D eigenvalue weighted by Gasteiger charge is -2.28. The molecule has 0 spiro atoms. The number of carbonyl (C=O) groups excluding carboxylic acids is 3. The first-order chi connectivity index (χ1) is 28.1. The molecule has 0 fully saturated rings. The van der Waals surface area contributed by atoms with Crippen molar-refractivity contribution in [3.8, 4) is 69.0 Å². The second-order valence-corrected chi connectivity index (χ2v) is 21.6. The highest BCUT2D eigenvalue weighted by atomic mass is 32.2. The summed E-state index contributed by atoms with van der Waals surface area (Å²) in [6.07, 6.45) is 0. The quantitative estimate of drug-likeness (QED) is 0.170. The second kappa shape index (κ2) is 12.9. The summed E-state index contributed by atoms with van der Waals surface area (Å²) in [5.41, 5.74) is 1.01. The fraction of sp³-hybridized carbons (Fsp3) is 0.512. The number of rotatable bonds is 6. The molecule has 3 aromatic carbocycles. The molecular formula is C43H46O15S3. The van der Waals surface area contributed by atoms with E-state index in [0.29, 0.717) is 31.4 Å². The van der Waals surface area contributed by atoms with Crippen LogP contribution < -0.4 is 56.8 Å². The van der Waals surface area contributed by atoms with Crippen molar-refractivity contribution in [2.45, 2.75) is 159 Å². The van der Waals surface area contributed by atoms with E-state index in [1.54, 1.807) is 83.1 Å². The number of ether oxygens (including phenoxy) is 12. The monoisotopic (exact) mass is 898 g/mol. The standard InChI is InChI=1S/C43H46O15S3/c1-16(44)59-35-29-23(47-38(4,5)53-29)20(24-30(35)54-39(6,7)48-24)19(21-25-31(55-40(8,9)49-25)36(60-17(2)45)32-26(21)50-41(10,11)56-32)22-27-33(57-42(12,13)51-27)37(61-18(3)46)34-28(22)52-43(14,15)58-34/h19H,1-15H3. The highest BCUT2D eigenvalue weighted by molar-refractivity contribution is 8.14. The van der Waals surface area contributed by atoms with Crippen LogP contribution in [0.25, 0.3) is 0 Å². The number of carbonyl (C=O) groups is 3. The third-order valence-corrected chi connectivity index (χ3v) is 12.3. The Hall–Kier alpha value is -4.68. The van der Waals surface area contributed by atoms with Gasteiger partial charge < -0.3 is 56.8 Å². The van der Waals surface area contributed by atoms with Crippen LogP contribution in [0.2, 0.25) is 0 Å². The van der Waals surface area contributed by atoms with Crippen molar-refractivity contribution in [3.63, 3.8) is 0 Å². The van der Waals surface area contributed by atoms with Crippen molar-refractivity contribution >= 4 is 50.6 Å². The molecule has 61 heavy (non-hydrogen) atoms. The van der Waals surface area contributed by atoms with Crippen molar-refractivity contribution in [1.29, 1.82) is 0 Å². The Balaban J connectivity index is 1.51. The SMILES string of the molecule is CC(=O)Sc1c2c(c(C(c3c4c(c(SC(C)=O)c5c3OC(C)(C)O5)OC(C)(C)O4)c3c4c(c(SC(C)=O)c5c3OC(C)(C)O5)OC(C)(C)O4)c3c1OC(C)(C)O3)OC(C)(C)O2. The van der Waals surface area contributed by atoms with Crippen LogP contribution in [0.1, 0.15) is 126 Å². The zero-order valence-electron chi connectivity index (χ0n) is 36.4. The van der Waals surface area contributed by atoms with Crippen molar-refractivity contribution < 1.29 is 71.2 Å². The number of hydrogen-bond acceptors (Lipinski definition) is 18. The van der Waals surface area contributed by atoms with Crippen molar-refractivity contribution in [2.75, 3.05) is 0 Å². The molecule has 0 amide bonds. The van der Waals surface area contributed by atoms with Crippen LogP contribution >= 0.6 is 35.3 Å². The summed E-state index contributed by atoms with van der Waals surface area (Å²) in [7, 11) is 0. The highest BCUT2D eigenvalue weighted by Crippen LogP contribution is 2.72. The highest BCUT2D eigenvalue weighted by Gasteiger charge is 2.56. The van der Waals surface area contributed by atoms with E-state index in [0.717, 1.165) is 35.3 Å². The number of fused-ring (bicyclic) bond motifs is 6. The normalized spacial score (nSPS) is 20.7. The molecule has 0 aromatic heterocycles. The van der Waals surface area contributed by atoms with Gasteiger partial charge >= 0.3 is 0 Å². The maximum Gasteiger partial charge on any atom is 0.246 e. The Kier molecular flexibility index (Phi) is 8.84. The fourth-order valence-corrected chi connectivity index (χ4v) is 10.4. The number of thioether (sulfide) groups is 3. The molecule has 0 unspecified atom stereocenters. The Morgan fingerprint density at radius 1 is 0.311 bits per heavy atom. The molecule has 6 aliphatic heterocycles. The van der Waals surface area contributed by atoms with E-state index in [1.807, 2.05) is 0 Å². The van der Waals surface area contributed by atoms with E-state index in [-0.39, 0.29) is 84.3 Å². The smallest absolute Gasteiger partial charge is 0.246 e. The predicted molar refractivity (Wildman–Crippen MR) is 222 cm³/mol. The number of hydrogen-bond donors (Lipinski definition) is 0. The summed E-state index contributed by atoms with van der Waals surface area (Å²) < 4.78 is 80.2. The van der Waals surface area contributed by atoms with Crippen LogP contribution in [0.5, 0.6) is 69.0 Å². The first-order valence-electron chi connectivity index (χ1n) is 19.6. The van der Waals surface area contributed by atoms with Gasteiger partial charge in [0.15, 0.2) is 84.3 Å². The third-order valence-electron chi connectivity index (χ3n) is 9.72. The van der Waals surface area contributed by atoms with Crippen LogP contribution in [0.15, 0.2) is 14.7 Å². The Labute approximate surface area is 365 Å². The van der Waals surface area contributed by atoms with Gasteiger partial charge in [-0.15, -0.1) is 0 Å². The minimum Gasteiger partial charge on any atom is -0.449 e. The van der Waals surface area contributed by atoms with E-state index < -0.39 is 40.6 Å². The minimum atomic E-state index is -1.26. The average molecular weight is 899 g/mol. The molecule has 18 heteroatoms. The van der Waals surface area contributed by atoms with E-state index in [1.165, 1.54) is 20.8 Å². The van der Waals surface area contributed by atoms with E-state index in [4.69, 9.17) is 56.8 Å². The van der Waals surface area contributed by atoms with Crippen molar-refractivity contribution in [2.24, 2.45) is 0 Å². The van der Waals surface area contributed by atoms with Crippen LogP contribution in [0, 0.1) is 0 Å². The lowest BCUT2D eigenvalue weighted by Crippen LogP contribution is -2.32. The van der Waals surface area contributed by atoms with Gasteiger partial charge in [0.1, 0.15) is 14.7 Å². The van der Waals surface area contributed by atoms with Crippen LogP contribution in [-0.4, -0.2) is 50.1 Å². The molecule has 0 N–H and O–H groups in total. The lowest BCUT2D eigenvalue weighted by atomic mass is 9.81. The van der Waals surface area contributed by atoms with E-state index in [9.17, 15) is 14.4 Å². The summed E-state index contributed by atoms with van der Waals surface area (Å²) >= 11 is 2.76. The molecule has 0 saturated carbocycles. The lowest BCUT2D eigenvalue weighted by molar-refractivity contribution is -0.110. The Morgan fingerprint density at radius 3 is 0.607 bits per heavy atom. The number of benzene rings is 3. The molecule has 0 aliphatic carbocycles. The van der Waals surface area contributed by atoms with E-state index in [2.05, 4.69) is 0 Å². The molecule has 9 rings (SSSR count). The molecule has 326 valence electrons. The van der Waals surface area contributed by atoms with Crippen LogP contribution in [-0.2, 0) is 14.4 Å². The molecule has 3 aromatic rings. The second-order valence-electron chi connectivity index (χ2n) is 18.0. The summed E-state index contributed by atoms with van der Waals surface area (Å²) in [6, 6.07) is 0. The van der Waals surface area contributed by atoms with E-state index >= 15 is 0 Å². The maximum atomic E-state index is 13.0. The Bertz CT molecular complexity index is 2130. The maximum absolute atomic E-state index is 13.0. The van der Waals surface area contributed by atoms with Gasteiger partial charge in [0, 0.05) is 104 Å². The molecule has 0 atom stereocenters. The van der Waals surface area contributed by atoms with Gasteiger partial charge in [0.25, 0.3) is 0 Å². The van der Waals surface area contributed by atoms with Crippen LogP contribution in [0.3, 0.4) is 0 Å². The molecule has 6 aliphatic rings. The van der Waals surface area contributed by atoms with Crippen molar-refractivity contribution in [1.82, 2.24) is 0 Å². The molecular weight excluding hydrogens is 853 g/mol. The zero-order chi connectivity index (χ0) is 44.3. The molecule has 0 bridgehead atoms. The molecule has 6 heterocycles. The first-order valence-corrected chi connectivity index (χ1v) is 22.1. The predicted octanol–water partition coefficient (Wildman–Crippen LogP) is 9.83. The van der Waals surface area contributed by atoms with Gasteiger partial charge in [0.2, 0.25) is 34.7 Å². The zero-order valence-corrected chi connectivity index (χ0v) is 38.9. The van der Waals surface area contributed by atoms with Crippen LogP contribution in [0.4, 0.5) is 0 Å². The van der Waals surface area contributed by atoms with Gasteiger partial charge in [-0.05, 0) is 35.3 Å². The largest absolute Gasteiger partial charge is 0.449 e. The van der Waals surface area contributed by atoms with Gasteiger partial charge in [-0.25, -0.2) is 0 Å². The molecule has 0 radical (unpaired) electrons. The van der Waals surface area contributed by atoms with Crippen molar-refractivity contribution in [3.05, 3.63) is 16.7 Å². The topological polar surface area (TPSA) is 162 Å². The summed E-state index contributed by atoms with van der Waals surface area (Å²) in [6.45, 7) is 25.3. The first kappa shape index (κ1) is 41.7. The summed E-state index contributed by atoms with van der Waals surface area (Å²) in [5.74, 6) is -6.15. The van der Waals surface area contributed by atoms with Gasteiger partial charge in [0.05, 0.1) is 22.6 Å². The third kappa shape index (κ3) is 6.87. The Morgan fingerprint density at radius 2 is 0.459 bits per heavy atom.